The molecule has 3 aromatic heterocycles. The van der Waals surface area contributed by atoms with Crippen molar-refractivity contribution in [2.45, 2.75) is 0 Å². The highest BCUT2D eigenvalue weighted by Crippen LogP contribution is 2.29. The Morgan fingerprint density at radius 1 is 1.05 bits per heavy atom. The Morgan fingerprint density at radius 3 is 2.77 bits per heavy atom. The predicted octanol–water partition coefficient (Wildman–Crippen LogP) is 3.88. The van der Waals surface area contributed by atoms with Crippen LogP contribution in [-0.4, -0.2) is 14.4 Å². The number of benzene rings is 1. The van der Waals surface area contributed by atoms with Crippen molar-refractivity contribution in [3.05, 3.63) is 58.3 Å². The van der Waals surface area contributed by atoms with Gasteiger partial charge in [-0.15, -0.1) is 0 Å². The molecule has 0 radical (unpaired) electrons. The number of aromatic nitrogens is 3. The van der Waals surface area contributed by atoms with Gasteiger partial charge in [0.2, 0.25) is 0 Å². The highest BCUT2D eigenvalue weighted by molar-refractivity contribution is 14.1. The van der Waals surface area contributed by atoms with E-state index in [1.165, 1.54) is 12.1 Å². The van der Waals surface area contributed by atoms with Crippen molar-refractivity contribution in [1.29, 1.82) is 0 Å². The quantitative estimate of drug-likeness (QED) is 0.490. The predicted molar refractivity (Wildman–Crippen MR) is 93.0 cm³/mol. The third kappa shape index (κ3) is 2.02. The van der Waals surface area contributed by atoms with Crippen molar-refractivity contribution in [2.24, 2.45) is 0 Å². The van der Waals surface area contributed by atoms with Crippen LogP contribution in [0.15, 0.2) is 48.9 Å². The molecule has 0 fully saturated rings. The van der Waals surface area contributed by atoms with Gasteiger partial charge < -0.3 is 5.73 Å². The molecule has 0 aliphatic carbocycles. The van der Waals surface area contributed by atoms with E-state index in [2.05, 4.69) is 32.6 Å². The van der Waals surface area contributed by atoms with Crippen LogP contribution < -0.4 is 5.73 Å². The molecule has 6 heteroatoms. The summed E-state index contributed by atoms with van der Waals surface area (Å²) in [5, 5.41) is 1.97. The normalized spacial score (nSPS) is 11.4. The summed E-state index contributed by atoms with van der Waals surface area (Å²) < 4.78 is 16.2. The first-order chi connectivity index (χ1) is 10.6. The zero-order valence-corrected chi connectivity index (χ0v) is 13.5. The minimum Gasteiger partial charge on any atom is -0.383 e. The van der Waals surface area contributed by atoms with Gasteiger partial charge in [0, 0.05) is 38.4 Å². The Morgan fingerprint density at radius 2 is 1.91 bits per heavy atom. The second-order valence-electron chi connectivity index (χ2n) is 4.97. The molecule has 1 aromatic carbocycles. The van der Waals surface area contributed by atoms with Crippen LogP contribution in [0, 0.1) is 9.39 Å². The Bertz CT molecular complexity index is 1030. The van der Waals surface area contributed by atoms with E-state index in [-0.39, 0.29) is 5.82 Å². The highest BCUT2D eigenvalue weighted by atomic mass is 127. The first-order valence-electron chi connectivity index (χ1n) is 6.60. The van der Waals surface area contributed by atoms with Crippen LogP contribution in [-0.2, 0) is 0 Å². The van der Waals surface area contributed by atoms with Crippen LogP contribution in [0.5, 0.6) is 0 Å². The lowest BCUT2D eigenvalue weighted by molar-refractivity contribution is 0.626. The number of nitrogens with two attached hydrogens (primary N) is 1. The Kier molecular flexibility index (Phi) is 3.00. The van der Waals surface area contributed by atoms with Crippen LogP contribution in [0.25, 0.3) is 27.7 Å². The number of imidazole rings is 1. The van der Waals surface area contributed by atoms with Gasteiger partial charge in [0.1, 0.15) is 17.3 Å². The Hall–Kier alpha value is -2.22. The van der Waals surface area contributed by atoms with Gasteiger partial charge in [-0.1, -0.05) is 12.1 Å². The summed E-state index contributed by atoms with van der Waals surface area (Å²) in [4.78, 5) is 8.45. The lowest BCUT2D eigenvalue weighted by Gasteiger charge is -2.07. The van der Waals surface area contributed by atoms with Crippen LogP contribution in [0.1, 0.15) is 0 Å². The third-order valence-electron chi connectivity index (χ3n) is 3.64. The number of nitrogens with zero attached hydrogens (tertiary/aromatic N) is 3. The number of hydrogen-bond donors (Lipinski definition) is 1. The summed E-state index contributed by atoms with van der Waals surface area (Å²) >= 11 is 2.24. The van der Waals surface area contributed by atoms with Gasteiger partial charge in [-0.2, -0.15) is 0 Å². The summed E-state index contributed by atoms with van der Waals surface area (Å²) in [5.74, 6) is 0.197. The van der Waals surface area contributed by atoms with E-state index in [1.54, 1.807) is 18.6 Å². The third-order valence-corrected chi connectivity index (χ3v) is 4.50. The first-order valence-corrected chi connectivity index (χ1v) is 7.68. The summed E-state index contributed by atoms with van der Waals surface area (Å²) in [6.07, 6.45) is 5.16. The average Bonchev–Trinajstić information content (AvgIpc) is 2.93. The lowest BCUT2D eigenvalue weighted by atomic mass is 10.1. The van der Waals surface area contributed by atoms with E-state index in [4.69, 9.17) is 5.73 Å². The molecule has 0 aliphatic heterocycles. The van der Waals surface area contributed by atoms with E-state index in [0.717, 1.165) is 25.6 Å². The molecule has 0 amide bonds. The SMILES string of the molecule is Nc1ncc(I)c2ccc(-c3cnc4cc(F)ccn34)cc12. The molecule has 3 heterocycles. The molecule has 0 atom stereocenters. The maximum absolute atomic E-state index is 13.3. The van der Waals surface area contributed by atoms with Gasteiger partial charge in [0.05, 0.1) is 11.9 Å². The number of fused-ring (bicyclic) bond motifs is 2. The van der Waals surface area contributed by atoms with Crippen molar-refractivity contribution < 1.29 is 4.39 Å². The minimum atomic E-state index is -0.300. The number of halogens is 2. The maximum atomic E-state index is 13.3. The monoisotopic (exact) mass is 404 g/mol. The smallest absolute Gasteiger partial charge is 0.140 e. The molecule has 0 unspecified atom stereocenters. The van der Waals surface area contributed by atoms with Crippen molar-refractivity contribution in [3.8, 4) is 11.3 Å². The molecule has 0 saturated heterocycles. The van der Waals surface area contributed by atoms with E-state index >= 15 is 0 Å². The standard InChI is InChI=1S/C16H10FIN4/c17-10-3-4-22-14(8-20-15(22)6-10)9-1-2-11-12(5-9)16(19)21-7-13(11)18/h1-8H,(H2,19,21). The van der Waals surface area contributed by atoms with Crippen LogP contribution in [0.3, 0.4) is 0 Å². The summed E-state index contributed by atoms with van der Waals surface area (Å²) in [6, 6.07) is 8.85. The van der Waals surface area contributed by atoms with Crippen molar-refractivity contribution in [2.75, 3.05) is 5.73 Å². The molecule has 0 saturated carbocycles. The van der Waals surface area contributed by atoms with Gasteiger partial charge in [0.15, 0.2) is 0 Å². The molecule has 108 valence electrons. The van der Waals surface area contributed by atoms with Crippen LogP contribution in [0.4, 0.5) is 10.2 Å². The topological polar surface area (TPSA) is 56.2 Å². The molecule has 0 aliphatic rings. The fourth-order valence-electron chi connectivity index (χ4n) is 2.56. The zero-order chi connectivity index (χ0) is 15.3. The largest absolute Gasteiger partial charge is 0.383 e. The van der Waals surface area contributed by atoms with E-state index in [9.17, 15) is 4.39 Å². The summed E-state index contributed by atoms with van der Waals surface area (Å²) in [6.45, 7) is 0. The average molecular weight is 404 g/mol. The maximum Gasteiger partial charge on any atom is 0.140 e. The number of nitrogen functional groups attached to an aromatic ring is 1. The van der Waals surface area contributed by atoms with Gasteiger partial charge in [-0.05, 0) is 34.7 Å². The Labute approximate surface area is 138 Å². The summed E-state index contributed by atoms with van der Waals surface area (Å²) in [5.41, 5.74) is 8.41. The lowest BCUT2D eigenvalue weighted by Crippen LogP contribution is -1.94. The molecule has 4 rings (SSSR count). The molecular formula is C16H10FIN4. The molecule has 2 N–H and O–H groups in total. The van der Waals surface area contributed by atoms with Gasteiger partial charge in [0.25, 0.3) is 0 Å². The fourth-order valence-corrected chi connectivity index (χ4v) is 3.17. The number of hydrogen-bond acceptors (Lipinski definition) is 3. The minimum absolute atomic E-state index is 0.300. The second kappa shape index (κ2) is 4.91. The van der Waals surface area contributed by atoms with E-state index in [0.29, 0.717) is 11.5 Å². The van der Waals surface area contributed by atoms with Gasteiger partial charge in [-0.25, -0.2) is 14.4 Å². The molecular weight excluding hydrogens is 394 g/mol. The number of rotatable bonds is 1. The van der Waals surface area contributed by atoms with Gasteiger partial charge in [-0.3, -0.25) is 4.40 Å². The molecule has 4 aromatic rings. The van der Waals surface area contributed by atoms with Crippen molar-refractivity contribution in [3.63, 3.8) is 0 Å². The summed E-state index contributed by atoms with van der Waals surface area (Å²) in [7, 11) is 0. The highest BCUT2D eigenvalue weighted by Gasteiger charge is 2.10. The molecule has 0 bridgehead atoms. The molecule has 22 heavy (non-hydrogen) atoms. The number of pyridine rings is 2. The van der Waals surface area contributed by atoms with Crippen molar-refractivity contribution >= 4 is 44.8 Å². The van der Waals surface area contributed by atoms with Gasteiger partial charge >= 0.3 is 0 Å². The Balaban J connectivity index is 1.98. The molecule has 4 nitrogen and oxygen atoms in total. The second-order valence-corrected chi connectivity index (χ2v) is 6.13. The van der Waals surface area contributed by atoms with Crippen LogP contribution >= 0.6 is 22.6 Å². The van der Waals surface area contributed by atoms with Crippen molar-refractivity contribution in [1.82, 2.24) is 14.4 Å². The van der Waals surface area contributed by atoms with E-state index < -0.39 is 0 Å². The fraction of sp³-hybridized carbons (Fsp3) is 0. The van der Waals surface area contributed by atoms with E-state index in [1.807, 2.05) is 22.6 Å². The molecule has 0 spiro atoms. The van der Waals surface area contributed by atoms with Crippen LogP contribution in [0.2, 0.25) is 0 Å². The zero-order valence-electron chi connectivity index (χ0n) is 11.3. The first kappa shape index (κ1) is 13.4. The number of anilines is 1.